The maximum atomic E-state index is 13.1. The molecule has 0 spiro atoms. The van der Waals surface area contributed by atoms with E-state index in [1.54, 1.807) is 0 Å². The van der Waals surface area contributed by atoms with Crippen LogP contribution in [-0.4, -0.2) is 17.6 Å². The molecule has 0 N–H and O–H groups in total. The number of ether oxygens (including phenoxy) is 1. The molecule has 1 heterocycles. The summed E-state index contributed by atoms with van der Waals surface area (Å²) in [6.07, 6.45) is -8.82. The van der Waals surface area contributed by atoms with E-state index < -0.39 is 35.6 Å². The molecule has 1 rings (SSSR count). The van der Waals surface area contributed by atoms with Crippen molar-refractivity contribution in [1.29, 1.82) is 0 Å². The summed E-state index contributed by atoms with van der Waals surface area (Å²) >= 11 is 0. The van der Waals surface area contributed by atoms with E-state index in [1.807, 2.05) is 0 Å². The van der Waals surface area contributed by atoms with Crippen molar-refractivity contribution in [2.75, 3.05) is 0 Å². The summed E-state index contributed by atoms with van der Waals surface area (Å²) in [5, 5.41) is 0. The third-order valence-corrected chi connectivity index (χ3v) is 1.60. The molecule has 9 heteroatoms. The third-order valence-electron chi connectivity index (χ3n) is 1.60. The van der Waals surface area contributed by atoms with Gasteiger partial charge in [-0.3, -0.25) is 4.79 Å². The van der Waals surface area contributed by atoms with Gasteiger partial charge in [0.1, 0.15) is 5.69 Å². The number of aldehydes is 1. The first-order valence-electron chi connectivity index (χ1n) is 3.93. The molecule has 0 aliphatic heterocycles. The van der Waals surface area contributed by atoms with E-state index in [0.29, 0.717) is 0 Å². The van der Waals surface area contributed by atoms with Gasteiger partial charge in [-0.05, 0) is 0 Å². The Hall–Kier alpha value is -1.80. The van der Waals surface area contributed by atoms with Crippen LogP contribution in [0, 0.1) is 5.82 Å². The van der Waals surface area contributed by atoms with Gasteiger partial charge in [-0.2, -0.15) is 0 Å². The van der Waals surface area contributed by atoms with Crippen LogP contribution in [0.25, 0.3) is 0 Å². The fourth-order valence-corrected chi connectivity index (χ4v) is 0.992. The molecule has 0 unspecified atom stereocenters. The van der Waals surface area contributed by atoms with Gasteiger partial charge in [-0.1, -0.05) is 0 Å². The van der Waals surface area contributed by atoms with E-state index in [-0.39, 0.29) is 12.5 Å². The monoisotopic (exact) mass is 259 g/mol. The summed E-state index contributed by atoms with van der Waals surface area (Å²) in [4.78, 5) is 13.1. The fraction of sp³-hybridized carbons (Fsp3) is 0.250. The van der Waals surface area contributed by atoms with Crippen LogP contribution in [0.15, 0.2) is 6.20 Å². The second-order valence-electron chi connectivity index (χ2n) is 2.70. The quantitative estimate of drug-likeness (QED) is 0.618. The molecule has 0 aliphatic carbocycles. The predicted octanol–water partition coefficient (Wildman–Crippen LogP) is 2.87. The number of halogens is 6. The van der Waals surface area contributed by atoms with Crippen molar-refractivity contribution in [2.24, 2.45) is 0 Å². The molecule has 0 saturated carbocycles. The third kappa shape index (κ3) is 3.08. The molecule has 3 nitrogen and oxygen atoms in total. The number of hydrogen-bond donors (Lipinski definition) is 0. The van der Waals surface area contributed by atoms with E-state index in [9.17, 15) is 31.1 Å². The van der Waals surface area contributed by atoms with Crippen LogP contribution in [0.2, 0.25) is 0 Å². The zero-order chi connectivity index (χ0) is 13.2. The minimum absolute atomic E-state index is 0.196. The molecule has 0 fully saturated rings. The molecule has 0 radical (unpaired) electrons. The Kier molecular flexibility index (Phi) is 3.59. The fourth-order valence-electron chi connectivity index (χ4n) is 0.992. The topological polar surface area (TPSA) is 39.2 Å². The summed E-state index contributed by atoms with van der Waals surface area (Å²) in [5.74, 6) is -3.31. The van der Waals surface area contributed by atoms with Crippen LogP contribution in [0.5, 0.6) is 5.75 Å². The van der Waals surface area contributed by atoms with Crippen molar-refractivity contribution >= 4 is 6.29 Å². The maximum Gasteiger partial charge on any atom is 0.573 e. The lowest BCUT2D eigenvalue weighted by Crippen LogP contribution is -2.19. The minimum Gasteiger partial charge on any atom is -0.404 e. The van der Waals surface area contributed by atoms with E-state index in [4.69, 9.17) is 0 Å². The Bertz CT molecular complexity index is 431. The van der Waals surface area contributed by atoms with Gasteiger partial charge in [-0.25, -0.2) is 18.2 Å². The molecule has 0 saturated heterocycles. The molecular weight excluding hydrogens is 256 g/mol. The molecule has 0 bridgehead atoms. The van der Waals surface area contributed by atoms with Crippen LogP contribution in [0.1, 0.15) is 22.5 Å². The summed E-state index contributed by atoms with van der Waals surface area (Å²) in [6.45, 7) is 0. The van der Waals surface area contributed by atoms with Crippen LogP contribution >= 0.6 is 0 Å². The number of pyridine rings is 1. The first-order chi connectivity index (χ1) is 7.76. The number of nitrogens with zero attached hydrogens (tertiary/aromatic N) is 1. The van der Waals surface area contributed by atoms with Crippen molar-refractivity contribution in [3.05, 3.63) is 23.3 Å². The van der Waals surface area contributed by atoms with Gasteiger partial charge in [-0.15, -0.1) is 13.2 Å². The van der Waals surface area contributed by atoms with Gasteiger partial charge in [0.15, 0.2) is 17.9 Å². The normalized spacial score (nSPS) is 11.7. The van der Waals surface area contributed by atoms with Gasteiger partial charge >= 0.3 is 6.36 Å². The molecule has 0 aromatic carbocycles. The number of rotatable bonds is 3. The van der Waals surface area contributed by atoms with Gasteiger partial charge in [0.05, 0.1) is 11.8 Å². The molecule has 0 atom stereocenters. The first kappa shape index (κ1) is 13.3. The van der Waals surface area contributed by atoms with Crippen molar-refractivity contribution in [2.45, 2.75) is 12.8 Å². The Labute approximate surface area is 90.0 Å². The molecule has 1 aromatic rings. The zero-order valence-corrected chi connectivity index (χ0v) is 7.76. The van der Waals surface area contributed by atoms with Crippen molar-refractivity contribution in [1.82, 2.24) is 4.98 Å². The van der Waals surface area contributed by atoms with Gasteiger partial charge in [0, 0.05) is 0 Å². The Morgan fingerprint density at radius 1 is 1.35 bits per heavy atom. The molecular formula is C8H3F6NO2. The number of aromatic nitrogens is 1. The molecule has 0 aliphatic rings. The summed E-state index contributed by atoms with van der Waals surface area (Å²) in [7, 11) is 0. The summed E-state index contributed by atoms with van der Waals surface area (Å²) in [6, 6.07) is 0. The zero-order valence-electron chi connectivity index (χ0n) is 7.76. The smallest absolute Gasteiger partial charge is 0.404 e. The van der Waals surface area contributed by atoms with Crippen molar-refractivity contribution in [3.8, 4) is 5.75 Å². The lowest BCUT2D eigenvalue weighted by Gasteiger charge is -2.13. The Morgan fingerprint density at radius 2 is 1.94 bits per heavy atom. The number of hydrogen-bond acceptors (Lipinski definition) is 3. The van der Waals surface area contributed by atoms with E-state index in [0.717, 1.165) is 0 Å². The molecule has 1 aromatic heterocycles. The first-order valence-corrected chi connectivity index (χ1v) is 3.93. The Morgan fingerprint density at radius 3 is 2.35 bits per heavy atom. The van der Waals surface area contributed by atoms with E-state index in [2.05, 4.69) is 9.72 Å². The second kappa shape index (κ2) is 4.60. The average Bonchev–Trinajstić information content (AvgIpc) is 2.14. The number of carbonyl (C=O) groups excluding carboxylic acids is 1. The lowest BCUT2D eigenvalue weighted by atomic mass is 10.2. The van der Waals surface area contributed by atoms with Crippen molar-refractivity contribution < 1.29 is 35.9 Å². The van der Waals surface area contributed by atoms with Gasteiger partial charge < -0.3 is 4.74 Å². The highest BCUT2D eigenvalue weighted by Gasteiger charge is 2.35. The standard InChI is InChI=1S/C8H3F6NO2/c9-6-3(2-16)15-1-4(5(6)7(10)11)17-8(12,13)14/h1-2,7H. The summed E-state index contributed by atoms with van der Waals surface area (Å²) in [5.41, 5.74) is -2.67. The molecule has 0 amide bonds. The Balaban J connectivity index is 3.31. The van der Waals surface area contributed by atoms with E-state index >= 15 is 0 Å². The SMILES string of the molecule is O=Cc1ncc(OC(F)(F)F)c(C(F)F)c1F. The summed E-state index contributed by atoms with van der Waals surface area (Å²) < 4.78 is 76.4. The number of alkyl halides is 5. The highest BCUT2D eigenvalue weighted by atomic mass is 19.4. The highest BCUT2D eigenvalue weighted by Crippen LogP contribution is 2.34. The van der Waals surface area contributed by atoms with Crippen LogP contribution in [0.4, 0.5) is 26.3 Å². The average molecular weight is 259 g/mol. The van der Waals surface area contributed by atoms with Gasteiger partial charge in [0.25, 0.3) is 6.43 Å². The minimum atomic E-state index is -5.26. The van der Waals surface area contributed by atoms with Crippen LogP contribution in [-0.2, 0) is 0 Å². The molecule has 17 heavy (non-hydrogen) atoms. The van der Waals surface area contributed by atoms with Crippen molar-refractivity contribution in [3.63, 3.8) is 0 Å². The maximum absolute atomic E-state index is 13.1. The van der Waals surface area contributed by atoms with Crippen LogP contribution < -0.4 is 4.74 Å². The highest BCUT2D eigenvalue weighted by molar-refractivity contribution is 5.73. The molecule has 94 valence electrons. The van der Waals surface area contributed by atoms with Crippen LogP contribution in [0.3, 0.4) is 0 Å². The van der Waals surface area contributed by atoms with Gasteiger partial charge in [0.2, 0.25) is 0 Å². The van der Waals surface area contributed by atoms with E-state index in [1.165, 1.54) is 0 Å². The number of carbonyl (C=O) groups is 1. The predicted molar refractivity (Wildman–Crippen MR) is 41.2 cm³/mol. The second-order valence-corrected chi connectivity index (χ2v) is 2.70. The largest absolute Gasteiger partial charge is 0.573 e. The lowest BCUT2D eigenvalue weighted by molar-refractivity contribution is -0.275.